The van der Waals surface area contributed by atoms with Crippen LogP contribution in [0.25, 0.3) is 0 Å². The maximum absolute atomic E-state index is 14.8. The lowest BCUT2D eigenvalue weighted by Gasteiger charge is -2.42. The van der Waals surface area contributed by atoms with E-state index in [1.807, 2.05) is 6.92 Å². The summed E-state index contributed by atoms with van der Waals surface area (Å²) in [7, 11) is -4.12. The first kappa shape index (κ1) is 26.4. The van der Waals surface area contributed by atoms with Gasteiger partial charge >= 0.3 is 6.09 Å². The van der Waals surface area contributed by atoms with Crippen LogP contribution < -0.4 is 4.90 Å². The van der Waals surface area contributed by atoms with Crippen molar-refractivity contribution in [2.24, 2.45) is 0 Å². The number of aryl methyl sites for hydroxylation is 1. The molecule has 0 bridgehead atoms. The number of hydrogen-bond donors (Lipinski definition) is 0. The van der Waals surface area contributed by atoms with Crippen molar-refractivity contribution in [2.75, 3.05) is 31.1 Å². The molecular weight excluding hydrogens is 481 g/mol. The lowest BCUT2D eigenvalue weighted by Crippen LogP contribution is -2.57. The topological polar surface area (TPSA) is 119 Å². The number of rotatable bonds is 6. The number of benzene rings is 2. The first-order chi connectivity index (χ1) is 16.3. The fraction of sp³-hybridized carbons (Fsp3) is 0.435. The molecule has 1 fully saturated rings. The molecule has 10 nitrogen and oxygen atoms in total. The summed E-state index contributed by atoms with van der Waals surface area (Å²) >= 11 is 0. The molecule has 1 atom stereocenters. The van der Waals surface area contributed by atoms with E-state index in [4.69, 9.17) is 8.92 Å². The lowest BCUT2D eigenvalue weighted by molar-refractivity contribution is -0.385. The summed E-state index contributed by atoms with van der Waals surface area (Å²) < 4.78 is 51.0. The third-order valence-corrected chi connectivity index (χ3v) is 6.61. The third kappa shape index (κ3) is 6.67. The van der Waals surface area contributed by atoms with Gasteiger partial charge in [-0.2, -0.15) is 8.42 Å². The highest BCUT2D eigenvalue weighted by molar-refractivity contribution is 7.86. The highest BCUT2D eigenvalue weighted by Gasteiger charge is 2.35. The Morgan fingerprint density at radius 2 is 1.83 bits per heavy atom. The summed E-state index contributed by atoms with van der Waals surface area (Å²) in [6.45, 7) is 6.91. The average molecular weight is 510 g/mol. The number of nitro benzene ring substituents is 1. The van der Waals surface area contributed by atoms with Gasteiger partial charge < -0.3 is 14.5 Å². The molecule has 0 N–H and O–H groups in total. The van der Waals surface area contributed by atoms with Crippen molar-refractivity contribution in [1.29, 1.82) is 0 Å². The molecule has 35 heavy (non-hydrogen) atoms. The fourth-order valence-corrected chi connectivity index (χ4v) is 4.53. The van der Waals surface area contributed by atoms with Crippen LogP contribution in [0, 0.1) is 22.9 Å². The molecule has 1 aliphatic rings. The number of nitrogens with zero attached hydrogens (tertiary/aromatic N) is 3. The molecule has 1 aliphatic heterocycles. The minimum Gasteiger partial charge on any atom is -0.444 e. The lowest BCUT2D eigenvalue weighted by atomic mass is 10.1. The Kier molecular flexibility index (Phi) is 7.65. The number of nitro groups is 1. The van der Waals surface area contributed by atoms with Crippen LogP contribution in [0.1, 0.15) is 26.3 Å². The quantitative estimate of drug-likeness (QED) is 0.327. The molecule has 1 unspecified atom stereocenters. The van der Waals surface area contributed by atoms with Crippen molar-refractivity contribution in [2.45, 2.75) is 44.2 Å². The van der Waals surface area contributed by atoms with Crippen molar-refractivity contribution in [3.63, 3.8) is 0 Å². The summed E-state index contributed by atoms with van der Waals surface area (Å²) in [5.74, 6) is -0.837. The van der Waals surface area contributed by atoms with Crippen LogP contribution in [0.15, 0.2) is 47.4 Å². The summed E-state index contributed by atoms with van der Waals surface area (Å²) in [6.07, 6.45) is -0.590. The largest absolute Gasteiger partial charge is 0.444 e. The summed E-state index contributed by atoms with van der Waals surface area (Å²) in [6, 6.07) is 8.58. The molecule has 0 aliphatic carbocycles. The van der Waals surface area contributed by atoms with Gasteiger partial charge in [0.25, 0.3) is 15.8 Å². The van der Waals surface area contributed by atoms with E-state index in [1.54, 1.807) is 37.8 Å². The number of carbonyl (C=O) groups is 1. The number of halogens is 1. The second-order valence-corrected chi connectivity index (χ2v) is 10.8. The highest BCUT2D eigenvalue weighted by atomic mass is 32.2. The van der Waals surface area contributed by atoms with Gasteiger partial charge in [0.15, 0.2) is 5.82 Å². The number of piperazine rings is 1. The van der Waals surface area contributed by atoms with Crippen molar-refractivity contribution in [3.8, 4) is 0 Å². The predicted molar refractivity (Wildman–Crippen MR) is 126 cm³/mol. The molecule has 1 saturated heterocycles. The first-order valence-electron chi connectivity index (χ1n) is 10.9. The molecule has 0 aromatic heterocycles. The van der Waals surface area contributed by atoms with E-state index < -0.39 is 44.3 Å². The van der Waals surface area contributed by atoms with Crippen LogP contribution in [-0.2, 0) is 19.0 Å². The number of carbonyl (C=O) groups excluding carboxylic acids is 1. The van der Waals surface area contributed by atoms with E-state index in [1.165, 1.54) is 29.2 Å². The van der Waals surface area contributed by atoms with E-state index >= 15 is 0 Å². The molecule has 190 valence electrons. The second kappa shape index (κ2) is 10.2. The van der Waals surface area contributed by atoms with Crippen molar-refractivity contribution < 1.29 is 31.4 Å². The minimum absolute atomic E-state index is 0.00520. The van der Waals surface area contributed by atoms with E-state index in [2.05, 4.69) is 0 Å². The number of amides is 1. The number of anilines is 1. The van der Waals surface area contributed by atoms with Crippen molar-refractivity contribution in [3.05, 3.63) is 64.0 Å². The highest BCUT2D eigenvalue weighted by Crippen LogP contribution is 2.28. The van der Waals surface area contributed by atoms with Crippen molar-refractivity contribution in [1.82, 2.24) is 4.90 Å². The monoisotopic (exact) mass is 509 g/mol. The Hall–Kier alpha value is -3.25. The van der Waals surface area contributed by atoms with E-state index in [0.29, 0.717) is 0 Å². The Morgan fingerprint density at radius 1 is 1.17 bits per heavy atom. The molecule has 0 radical (unpaired) electrons. The maximum atomic E-state index is 14.8. The molecule has 1 heterocycles. The minimum atomic E-state index is -4.12. The van der Waals surface area contributed by atoms with Gasteiger partial charge in [-0.05, 0) is 45.9 Å². The molecule has 2 aromatic carbocycles. The summed E-state index contributed by atoms with van der Waals surface area (Å²) in [5.41, 5.74) is -0.224. The van der Waals surface area contributed by atoms with Crippen LogP contribution in [0.4, 0.5) is 20.6 Å². The molecule has 3 rings (SSSR count). The standard InChI is InChI=1S/C23H28FN3O7S/c1-16-5-8-19(9-6-16)35(31,32)33-15-18-14-25(22(28)34-23(2,3)4)11-12-26(18)21-10-7-17(27(29)30)13-20(21)24/h5-10,13,18H,11-12,14-15H2,1-4H3. The summed E-state index contributed by atoms with van der Waals surface area (Å²) in [4.78, 5) is 25.8. The Balaban J connectivity index is 1.86. The molecule has 0 saturated carbocycles. The maximum Gasteiger partial charge on any atom is 0.410 e. The van der Waals surface area contributed by atoms with Crippen LogP contribution in [0.3, 0.4) is 0 Å². The van der Waals surface area contributed by atoms with Gasteiger partial charge in [-0.15, -0.1) is 0 Å². The molecule has 12 heteroatoms. The van der Waals surface area contributed by atoms with Gasteiger partial charge in [0.05, 0.1) is 34.2 Å². The smallest absolute Gasteiger partial charge is 0.410 e. The van der Waals surface area contributed by atoms with Crippen LogP contribution >= 0.6 is 0 Å². The Morgan fingerprint density at radius 3 is 2.40 bits per heavy atom. The SMILES string of the molecule is Cc1ccc(S(=O)(=O)OCC2CN(C(=O)OC(C)(C)C)CCN2c2ccc([N+](=O)[O-])cc2F)cc1. The predicted octanol–water partition coefficient (Wildman–Crippen LogP) is 3.87. The van der Waals surface area contributed by atoms with Gasteiger partial charge in [0, 0.05) is 25.7 Å². The summed E-state index contributed by atoms with van der Waals surface area (Å²) in [5, 5.41) is 11.0. The van der Waals surface area contributed by atoms with Gasteiger partial charge in [-0.25, -0.2) is 9.18 Å². The average Bonchev–Trinajstić information content (AvgIpc) is 2.76. The zero-order valence-electron chi connectivity index (χ0n) is 19.9. The molecular formula is C23H28FN3O7S. The molecule has 0 spiro atoms. The zero-order chi connectivity index (χ0) is 26.0. The van der Waals surface area contributed by atoms with E-state index in [-0.39, 0.29) is 36.8 Å². The Labute approximate surface area is 203 Å². The van der Waals surface area contributed by atoms with E-state index in [9.17, 15) is 27.7 Å². The van der Waals surface area contributed by atoms with E-state index in [0.717, 1.165) is 11.6 Å². The van der Waals surface area contributed by atoms with Crippen LogP contribution in [-0.4, -0.2) is 62.2 Å². The molecule has 2 aromatic rings. The van der Waals surface area contributed by atoms with Crippen LogP contribution in [0.2, 0.25) is 0 Å². The zero-order valence-corrected chi connectivity index (χ0v) is 20.7. The van der Waals surface area contributed by atoms with Crippen LogP contribution in [0.5, 0.6) is 0 Å². The second-order valence-electron chi connectivity index (χ2n) is 9.22. The molecule has 1 amide bonds. The fourth-order valence-electron chi connectivity index (χ4n) is 3.59. The normalized spacial score (nSPS) is 16.8. The number of hydrogen-bond acceptors (Lipinski definition) is 8. The van der Waals surface area contributed by atoms with Crippen molar-refractivity contribution >= 4 is 27.6 Å². The Bertz CT molecular complexity index is 1200. The first-order valence-corrected chi connectivity index (χ1v) is 12.3. The van der Waals surface area contributed by atoms with Gasteiger partial charge in [0.2, 0.25) is 0 Å². The van der Waals surface area contributed by atoms with Gasteiger partial charge in [-0.3, -0.25) is 14.3 Å². The third-order valence-electron chi connectivity index (χ3n) is 5.31. The van der Waals surface area contributed by atoms with Gasteiger partial charge in [-0.1, -0.05) is 17.7 Å². The number of non-ortho nitro benzene ring substituents is 1. The van der Waals surface area contributed by atoms with Gasteiger partial charge in [0.1, 0.15) is 5.60 Å². The number of ether oxygens (including phenoxy) is 1.